The van der Waals surface area contributed by atoms with Crippen LogP contribution in [0.4, 0.5) is 0 Å². The van der Waals surface area contributed by atoms with E-state index in [0.717, 1.165) is 26.1 Å². The van der Waals surface area contributed by atoms with Crippen LogP contribution in [0.25, 0.3) is 0 Å². The highest BCUT2D eigenvalue weighted by atomic mass is 32.2. The van der Waals surface area contributed by atoms with Gasteiger partial charge < -0.3 is 5.32 Å². The largest absolute Gasteiger partial charge is 0.311 e. The summed E-state index contributed by atoms with van der Waals surface area (Å²) in [5, 5.41) is 3.52. The van der Waals surface area contributed by atoms with Crippen molar-refractivity contribution < 1.29 is 8.42 Å². The lowest BCUT2D eigenvalue weighted by atomic mass is 9.94. The zero-order valence-corrected chi connectivity index (χ0v) is 11.9. The number of rotatable bonds is 2. The molecule has 2 rings (SSSR count). The average molecular weight is 260 g/mol. The number of hydrogen-bond acceptors (Lipinski definition) is 4. The Morgan fingerprint density at radius 3 is 2.65 bits per heavy atom. The van der Waals surface area contributed by atoms with Crippen molar-refractivity contribution in [1.82, 2.24) is 10.2 Å². The molecule has 2 fully saturated rings. The minimum absolute atomic E-state index is 0.131. The minimum atomic E-state index is -2.80. The fraction of sp³-hybridized carbons (Fsp3) is 1.00. The Labute approximate surface area is 105 Å². The molecule has 0 spiro atoms. The predicted molar refractivity (Wildman–Crippen MR) is 69.9 cm³/mol. The standard InChI is InChI=1S/C12H24N2O2S/c1-10(2)11-8-14(6-5-13-11)12(3)4-7-17(15,16)9-12/h10-11,13H,4-9H2,1-3H3. The van der Waals surface area contributed by atoms with Gasteiger partial charge in [0.2, 0.25) is 0 Å². The molecule has 2 saturated heterocycles. The molecule has 0 bridgehead atoms. The Morgan fingerprint density at radius 2 is 2.12 bits per heavy atom. The van der Waals surface area contributed by atoms with Gasteiger partial charge in [0.15, 0.2) is 9.84 Å². The van der Waals surface area contributed by atoms with Crippen molar-refractivity contribution in [2.75, 3.05) is 31.1 Å². The second-order valence-corrected chi connectivity index (χ2v) is 8.27. The van der Waals surface area contributed by atoms with E-state index in [0.29, 0.717) is 23.5 Å². The van der Waals surface area contributed by atoms with Gasteiger partial charge in [-0.15, -0.1) is 0 Å². The van der Waals surface area contributed by atoms with E-state index in [1.165, 1.54) is 0 Å². The zero-order valence-electron chi connectivity index (χ0n) is 11.1. The molecule has 0 aliphatic carbocycles. The molecule has 2 atom stereocenters. The quantitative estimate of drug-likeness (QED) is 0.785. The molecule has 100 valence electrons. The van der Waals surface area contributed by atoms with Crippen LogP contribution in [0.5, 0.6) is 0 Å². The maximum Gasteiger partial charge on any atom is 0.152 e. The first-order valence-corrected chi connectivity index (χ1v) is 8.33. The van der Waals surface area contributed by atoms with E-state index in [2.05, 4.69) is 31.0 Å². The average Bonchev–Trinajstić information content (AvgIpc) is 2.55. The Balaban J connectivity index is 2.07. The SMILES string of the molecule is CC(C)C1CN(C2(C)CCS(=O)(=O)C2)CCN1. The second kappa shape index (κ2) is 4.52. The first-order chi connectivity index (χ1) is 7.82. The van der Waals surface area contributed by atoms with Crippen molar-refractivity contribution in [3.05, 3.63) is 0 Å². The lowest BCUT2D eigenvalue weighted by Crippen LogP contribution is -2.60. The topological polar surface area (TPSA) is 49.4 Å². The Morgan fingerprint density at radius 1 is 1.41 bits per heavy atom. The Kier molecular flexibility index (Phi) is 3.54. The Bertz CT molecular complexity index is 380. The van der Waals surface area contributed by atoms with Crippen molar-refractivity contribution in [2.24, 2.45) is 5.92 Å². The second-order valence-electron chi connectivity index (χ2n) is 6.09. The van der Waals surface area contributed by atoms with Crippen LogP contribution in [0.15, 0.2) is 0 Å². The summed E-state index contributed by atoms with van der Waals surface area (Å²) < 4.78 is 23.3. The summed E-state index contributed by atoms with van der Waals surface area (Å²) >= 11 is 0. The molecule has 0 radical (unpaired) electrons. The number of hydrogen-bond donors (Lipinski definition) is 1. The first-order valence-electron chi connectivity index (χ1n) is 6.51. The highest BCUT2D eigenvalue weighted by Crippen LogP contribution is 2.30. The van der Waals surface area contributed by atoms with Gasteiger partial charge in [0.1, 0.15) is 0 Å². The fourth-order valence-electron chi connectivity index (χ4n) is 2.96. The molecule has 0 saturated carbocycles. The maximum absolute atomic E-state index is 11.7. The summed E-state index contributed by atoms with van der Waals surface area (Å²) in [6.45, 7) is 9.46. The van der Waals surface area contributed by atoms with Crippen molar-refractivity contribution in [2.45, 2.75) is 38.8 Å². The molecule has 0 amide bonds. The molecule has 0 aromatic rings. The molecular formula is C12H24N2O2S. The van der Waals surface area contributed by atoms with Crippen LogP contribution in [0.1, 0.15) is 27.2 Å². The number of nitrogens with one attached hydrogen (secondary N) is 1. The highest BCUT2D eigenvalue weighted by Gasteiger charge is 2.44. The van der Waals surface area contributed by atoms with Crippen LogP contribution in [0.2, 0.25) is 0 Å². The third kappa shape index (κ3) is 2.83. The summed E-state index contributed by atoms with van der Waals surface area (Å²) in [5.41, 5.74) is -0.131. The summed E-state index contributed by atoms with van der Waals surface area (Å²) in [7, 11) is -2.80. The van der Waals surface area contributed by atoms with Gasteiger partial charge in [0.05, 0.1) is 11.5 Å². The van der Waals surface area contributed by atoms with Crippen LogP contribution >= 0.6 is 0 Å². The third-order valence-corrected chi connectivity index (χ3v) is 6.14. The van der Waals surface area contributed by atoms with Gasteiger partial charge in [-0.05, 0) is 19.3 Å². The van der Waals surface area contributed by atoms with Gasteiger partial charge in [-0.2, -0.15) is 0 Å². The van der Waals surface area contributed by atoms with Gasteiger partial charge in [0.25, 0.3) is 0 Å². The van der Waals surface area contributed by atoms with Crippen molar-refractivity contribution in [1.29, 1.82) is 0 Å². The highest BCUT2D eigenvalue weighted by molar-refractivity contribution is 7.91. The zero-order chi connectivity index (χ0) is 12.7. The van der Waals surface area contributed by atoms with Crippen molar-refractivity contribution in [3.63, 3.8) is 0 Å². The third-order valence-electron chi connectivity index (χ3n) is 4.26. The van der Waals surface area contributed by atoms with E-state index < -0.39 is 9.84 Å². The minimum Gasteiger partial charge on any atom is -0.311 e. The molecule has 0 aromatic carbocycles. The first kappa shape index (κ1) is 13.3. The van der Waals surface area contributed by atoms with Crippen LogP contribution in [0, 0.1) is 5.92 Å². The summed E-state index contributed by atoms with van der Waals surface area (Å²) in [4.78, 5) is 2.39. The normalized spacial score (nSPS) is 38.7. The Hall–Kier alpha value is -0.130. The van der Waals surface area contributed by atoms with E-state index in [1.807, 2.05) is 0 Å². The van der Waals surface area contributed by atoms with Gasteiger partial charge >= 0.3 is 0 Å². The lowest BCUT2D eigenvalue weighted by molar-refractivity contribution is 0.0761. The number of sulfone groups is 1. The number of piperazine rings is 1. The van der Waals surface area contributed by atoms with Gasteiger partial charge in [-0.25, -0.2) is 8.42 Å². The maximum atomic E-state index is 11.7. The molecular weight excluding hydrogens is 236 g/mol. The van der Waals surface area contributed by atoms with E-state index in [4.69, 9.17) is 0 Å². The number of nitrogens with zero attached hydrogens (tertiary/aromatic N) is 1. The van der Waals surface area contributed by atoms with Crippen LogP contribution in [-0.4, -0.2) is 56.0 Å². The molecule has 2 aliphatic heterocycles. The van der Waals surface area contributed by atoms with Gasteiger partial charge in [0, 0.05) is 31.2 Å². The lowest BCUT2D eigenvalue weighted by Gasteiger charge is -2.44. The summed E-state index contributed by atoms with van der Waals surface area (Å²) in [6.07, 6.45) is 0.792. The van der Waals surface area contributed by atoms with E-state index in [9.17, 15) is 8.42 Å². The van der Waals surface area contributed by atoms with E-state index in [1.54, 1.807) is 0 Å². The molecule has 4 nitrogen and oxygen atoms in total. The smallest absolute Gasteiger partial charge is 0.152 e. The molecule has 0 aromatic heterocycles. The van der Waals surface area contributed by atoms with Crippen molar-refractivity contribution in [3.8, 4) is 0 Å². The van der Waals surface area contributed by atoms with Crippen LogP contribution in [-0.2, 0) is 9.84 Å². The summed E-state index contributed by atoms with van der Waals surface area (Å²) in [6, 6.07) is 0.490. The van der Waals surface area contributed by atoms with Gasteiger partial charge in [-0.3, -0.25) is 4.90 Å². The molecule has 2 aliphatic rings. The predicted octanol–water partition coefficient (Wildman–Crippen LogP) is 0.493. The van der Waals surface area contributed by atoms with Crippen molar-refractivity contribution >= 4 is 9.84 Å². The van der Waals surface area contributed by atoms with Gasteiger partial charge in [-0.1, -0.05) is 13.8 Å². The summed E-state index contributed by atoms with van der Waals surface area (Å²) in [5.74, 6) is 1.30. The van der Waals surface area contributed by atoms with Crippen LogP contribution in [0.3, 0.4) is 0 Å². The van der Waals surface area contributed by atoms with E-state index >= 15 is 0 Å². The van der Waals surface area contributed by atoms with Crippen LogP contribution < -0.4 is 5.32 Å². The molecule has 2 heterocycles. The molecule has 5 heteroatoms. The monoisotopic (exact) mass is 260 g/mol. The molecule has 2 unspecified atom stereocenters. The molecule has 1 N–H and O–H groups in total. The fourth-order valence-corrected chi connectivity index (χ4v) is 5.13. The molecule has 17 heavy (non-hydrogen) atoms. The van der Waals surface area contributed by atoms with E-state index in [-0.39, 0.29) is 5.54 Å².